The van der Waals surface area contributed by atoms with Crippen LogP contribution in [0.2, 0.25) is 0 Å². The third kappa shape index (κ3) is 3.79. The van der Waals surface area contributed by atoms with Gasteiger partial charge in [-0.05, 0) is 54.5 Å². The van der Waals surface area contributed by atoms with E-state index in [4.69, 9.17) is 14.2 Å². The highest BCUT2D eigenvalue weighted by atomic mass is 16.6. The summed E-state index contributed by atoms with van der Waals surface area (Å²) in [6.07, 6.45) is 1.70. The lowest BCUT2D eigenvalue weighted by atomic mass is 10.1. The van der Waals surface area contributed by atoms with Crippen molar-refractivity contribution in [2.45, 2.75) is 13.8 Å². The van der Waals surface area contributed by atoms with Crippen LogP contribution in [0.4, 0.5) is 0 Å². The maximum Gasteiger partial charge on any atom is 0.373 e. The summed E-state index contributed by atoms with van der Waals surface area (Å²) in [7, 11) is 1.64. The molecule has 0 aliphatic rings. The topological polar surface area (TPSA) is 44.8 Å². The van der Waals surface area contributed by atoms with Gasteiger partial charge >= 0.3 is 5.97 Å². The molecule has 2 rings (SSSR count). The molecule has 2 aromatic rings. The van der Waals surface area contributed by atoms with Gasteiger partial charge in [0.15, 0.2) is 0 Å². The molecule has 0 fully saturated rings. The zero-order valence-electron chi connectivity index (χ0n) is 13.1. The highest BCUT2D eigenvalue weighted by Crippen LogP contribution is 2.23. The molecule has 0 saturated carbocycles. The molecule has 0 aliphatic carbocycles. The van der Waals surface area contributed by atoms with Crippen LogP contribution in [0.3, 0.4) is 0 Å². The molecule has 0 radical (unpaired) electrons. The second-order valence-corrected chi connectivity index (χ2v) is 4.63. The van der Waals surface area contributed by atoms with Crippen LogP contribution in [-0.2, 0) is 14.3 Å². The molecule has 0 aliphatic heterocycles. The smallest absolute Gasteiger partial charge is 0.373 e. The predicted octanol–water partition coefficient (Wildman–Crippen LogP) is 3.79. The SMILES string of the molecule is CCOC(=O)/C(=C/c1ccc2cc(OC)ccc2c1)OCC. The summed E-state index contributed by atoms with van der Waals surface area (Å²) in [5, 5.41) is 2.14. The van der Waals surface area contributed by atoms with Crippen LogP contribution >= 0.6 is 0 Å². The van der Waals surface area contributed by atoms with E-state index in [-0.39, 0.29) is 5.76 Å². The summed E-state index contributed by atoms with van der Waals surface area (Å²) in [5.74, 6) is 0.591. The van der Waals surface area contributed by atoms with E-state index >= 15 is 0 Å². The van der Waals surface area contributed by atoms with Crippen molar-refractivity contribution < 1.29 is 19.0 Å². The van der Waals surface area contributed by atoms with Crippen molar-refractivity contribution in [3.05, 3.63) is 47.7 Å². The standard InChI is InChI=1S/C18H20O4/c1-4-21-17(18(19)22-5-2)11-13-6-7-15-12-16(20-3)9-8-14(15)10-13/h6-12H,4-5H2,1-3H3/b17-11-. The van der Waals surface area contributed by atoms with Gasteiger partial charge < -0.3 is 14.2 Å². The maximum absolute atomic E-state index is 11.9. The average molecular weight is 300 g/mol. The monoisotopic (exact) mass is 300 g/mol. The molecule has 116 valence electrons. The Labute approximate surface area is 130 Å². The first-order valence-corrected chi connectivity index (χ1v) is 7.27. The quantitative estimate of drug-likeness (QED) is 0.462. The molecule has 0 saturated heterocycles. The first-order valence-electron chi connectivity index (χ1n) is 7.27. The van der Waals surface area contributed by atoms with E-state index in [9.17, 15) is 4.79 Å². The van der Waals surface area contributed by atoms with Crippen molar-refractivity contribution >= 4 is 22.8 Å². The molecule has 0 amide bonds. The summed E-state index contributed by atoms with van der Waals surface area (Å²) in [4.78, 5) is 11.9. The van der Waals surface area contributed by atoms with Crippen molar-refractivity contribution in [2.24, 2.45) is 0 Å². The number of methoxy groups -OCH3 is 1. The van der Waals surface area contributed by atoms with E-state index in [2.05, 4.69) is 0 Å². The summed E-state index contributed by atoms with van der Waals surface area (Å²) in [6.45, 7) is 4.33. The van der Waals surface area contributed by atoms with E-state index < -0.39 is 5.97 Å². The van der Waals surface area contributed by atoms with Gasteiger partial charge in [-0.3, -0.25) is 0 Å². The van der Waals surface area contributed by atoms with Crippen LogP contribution < -0.4 is 4.74 Å². The zero-order chi connectivity index (χ0) is 15.9. The summed E-state index contributed by atoms with van der Waals surface area (Å²) >= 11 is 0. The van der Waals surface area contributed by atoms with Gasteiger partial charge in [-0.15, -0.1) is 0 Å². The Morgan fingerprint density at radius 2 is 1.68 bits per heavy atom. The number of carbonyl (C=O) groups excluding carboxylic acids is 1. The average Bonchev–Trinajstić information content (AvgIpc) is 2.54. The van der Waals surface area contributed by atoms with Crippen LogP contribution in [0.15, 0.2) is 42.2 Å². The number of benzene rings is 2. The Morgan fingerprint density at radius 1 is 1.00 bits per heavy atom. The summed E-state index contributed by atoms with van der Waals surface area (Å²) in [6, 6.07) is 11.8. The van der Waals surface area contributed by atoms with Gasteiger partial charge in [-0.25, -0.2) is 4.79 Å². The number of hydrogen-bond acceptors (Lipinski definition) is 4. The second-order valence-electron chi connectivity index (χ2n) is 4.63. The number of rotatable bonds is 6. The fourth-order valence-electron chi connectivity index (χ4n) is 2.13. The Morgan fingerprint density at radius 3 is 2.36 bits per heavy atom. The lowest BCUT2D eigenvalue weighted by Gasteiger charge is -2.08. The molecule has 0 atom stereocenters. The number of ether oxygens (including phenoxy) is 3. The zero-order valence-corrected chi connectivity index (χ0v) is 13.1. The Kier molecular flexibility index (Phi) is 5.42. The minimum Gasteiger partial charge on any atom is -0.497 e. The molecule has 0 aromatic heterocycles. The third-order valence-electron chi connectivity index (χ3n) is 3.15. The van der Waals surface area contributed by atoms with Gasteiger partial charge in [0.2, 0.25) is 5.76 Å². The van der Waals surface area contributed by atoms with Crippen molar-refractivity contribution in [2.75, 3.05) is 20.3 Å². The van der Waals surface area contributed by atoms with Crippen LogP contribution in [-0.4, -0.2) is 26.3 Å². The van der Waals surface area contributed by atoms with Gasteiger partial charge in [0, 0.05) is 0 Å². The van der Waals surface area contributed by atoms with E-state index in [0.29, 0.717) is 13.2 Å². The Hall–Kier alpha value is -2.49. The molecule has 4 heteroatoms. The molecule has 0 spiro atoms. The molecular formula is C18H20O4. The summed E-state index contributed by atoms with van der Waals surface area (Å²) in [5.41, 5.74) is 0.883. The Balaban J connectivity index is 2.35. The lowest BCUT2D eigenvalue weighted by Crippen LogP contribution is -2.10. The molecule has 2 aromatic carbocycles. The van der Waals surface area contributed by atoms with Crippen molar-refractivity contribution in [3.8, 4) is 5.75 Å². The minimum atomic E-state index is -0.445. The van der Waals surface area contributed by atoms with E-state index in [1.165, 1.54) is 0 Å². The second kappa shape index (κ2) is 7.50. The maximum atomic E-state index is 11.9. The molecule has 4 nitrogen and oxygen atoms in total. The first kappa shape index (κ1) is 15.9. The van der Waals surface area contributed by atoms with Gasteiger partial charge in [-0.2, -0.15) is 0 Å². The minimum absolute atomic E-state index is 0.220. The number of esters is 1. The van der Waals surface area contributed by atoms with Gasteiger partial charge in [0.05, 0.1) is 20.3 Å². The van der Waals surface area contributed by atoms with Crippen LogP contribution in [0, 0.1) is 0 Å². The third-order valence-corrected chi connectivity index (χ3v) is 3.15. The molecule has 0 N–H and O–H groups in total. The van der Waals surface area contributed by atoms with E-state index in [0.717, 1.165) is 22.1 Å². The van der Waals surface area contributed by atoms with Gasteiger partial charge in [0.1, 0.15) is 5.75 Å². The van der Waals surface area contributed by atoms with E-state index in [1.807, 2.05) is 43.3 Å². The van der Waals surface area contributed by atoms with Gasteiger partial charge in [0.25, 0.3) is 0 Å². The van der Waals surface area contributed by atoms with Crippen LogP contribution in [0.1, 0.15) is 19.4 Å². The highest BCUT2D eigenvalue weighted by molar-refractivity contribution is 5.93. The number of fused-ring (bicyclic) bond motifs is 1. The van der Waals surface area contributed by atoms with Gasteiger partial charge in [-0.1, -0.05) is 18.2 Å². The highest BCUT2D eigenvalue weighted by Gasteiger charge is 2.11. The normalized spacial score (nSPS) is 11.3. The lowest BCUT2D eigenvalue weighted by molar-refractivity contribution is -0.142. The fourth-order valence-corrected chi connectivity index (χ4v) is 2.13. The van der Waals surface area contributed by atoms with Crippen molar-refractivity contribution in [1.29, 1.82) is 0 Å². The first-order chi connectivity index (χ1) is 10.7. The van der Waals surface area contributed by atoms with Crippen LogP contribution in [0.5, 0.6) is 5.75 Å². The van der Waals surface area contributed by atoms with Crippen molar-refractivity contribution in [1.82, 2.24) is 0 Å². The fraction of sp³-hybridized carbons (Fsp3) is 0.278. The van der Waals surface area contributed by atoms with Crippen LogP contribution in [0.25, 0.3) is 16.8 Å². The number of hydrogen-bond donors (Lipinski definition) is 0. The molecule has 0 unspecified atom stereocenters. The molecular weight excluding hydrogens is 280 g/mol. The molecule has 0 heterocycles. The largest absolute Gasteiger partial charge is 0.497 e. The van der Waals surface area contributed by atoms with Crippen molar-refractivity contribution in [3.63, 3.8) is 0 Å². The summed E-state index contributed by atoms with van der Waals surface area (Å²) < 4.78 is 15.6. The predicted molar refractivity (Wildman–Crippen MR) is 86.7 cm³/mol. The Bertz CT molecular complexity index is 689. The van der Waals surface area contributed by atoms with E-state index in [1.54, 1.807) is 20.1 Å². The molecule has 0 bridgehead atoms. The molecule has 22 heavy (non-hydrogen) atoms. The number of carbonyl (C=O) groups is 1.